The molecule has 0 aromatic rings. The van der Waals surface area contributed by atoms with Crippen LogP contribution in [0.25, 0.3) is 0 Å². The van der Waals surface area contributed by atoms with E-state index >= 15 is 0 Å². The van der Waals surface area contributed by atoms with E-state index in [2.05, 4.69) is 13.8 Å². The third kappa shape index (κ3) is 31.3. The van der Waals surface area contributed by atoms with Crippen LogP contribution in [0.3, 0.4) is 0 Å². The molecule has 0 rings (SSSR count). The van der Waals surface area contributed by atoms with Crippen molar-refractivity contribution in [2.45, 2.75) is 65.2 Å². The van der Waals surface area contributed by atoms with E-state index in [4.69, 9.17) is 10.2 Å². The molecule has 0 aliphatic carbocycles. The Bertz CT molecular complexity index is 163. The van der Waals surface area contributed by atoms with E-state index in [0.29, 0.717) is 12.8 Å². The van der Waals surface area contributed by atoms with Gasteiger partial charge >= 0.3 is 29.0 Å². The first-order valence-electron chi connectivity index (χ1n) is 5.98. The zero-order chi connectivity index (χ0) is 12.8. The fourth-order valence-electron chi connectivity index (χ4n) is 1.05. The molecule has 0 aliphatic heterocycles. The van der Waals surface area contributed by atoms with Crippen LogP contribution in [-0.4, -0.2) is 39.2 Å². The van der Waals surface area contributed by atoms with Crippen molar-refractivity contribution in [2.75, 3.05) is 0 Å². The Kier molecular flexibility index (Phi) is 22.8. The van der Waals surface area contributed by atoms with Gasteiger partial charge in [-0.15, -0.1) is 0 Å². The zero-order valence-electron chi connectivity index (χ0n) is 10.9. The Morgan fingerprint density at radius 1 is 0.765 bits per heavy atom. The van der Waals surface area contributed by atoms with Crippen molar-refractivity contribution >= 4 is 29.0 Å². The van der Waals surface area contributed by atoms with Gasteiger partial charge < -0.3 is 10.2 Å². The number of hydrogen-bond donors (Lipinski definition) is 2. The summed E-state index contributed by atoms with van der Waals surface area (Å²) in [5.41, 5.74) is 0. The Balaban J connectivity index is -0.000000218. The summed E-state index contributed by atoms with van der Waals surface area (Å²) >= 11 is 0. The molecule has 0 aromatic heterocycles. The van der Waals surface area contributed by atoms with Crippen LogP contribution in [0, 0.1) is 0 Å². The van der Waals surface area contributed by atoms with Crippen LogP contribution in [0.15, 0.2) is 0 Å². The van der Waals surface area contributed by atoms with Crippen molar-refractivity contribution < 1.29 is 19.8 Å². The molecule has 4 nitrogen and oxygen atoms in total. The summed E-state index contributed by atoms with van der Waals surface area (Å²) in [6.07, 6.45) is 6.55. The summed E-state index contributed by atoms with van der Waals surface area (Å²) in [5, 5.41) is 16.3. The molecule has 2 N–H and O–H groups in total. The van der Waals surface area contributed by atoms with Gasteiger partial charge in [0.25, 0.3) is 0 Å². The molecule has 0 saturated heterocycles. The van der Waals surface area contributed by atoms with Crippen molar-refractivity contribution in [3.8, 4) is 0 Å². The first-order valence-corrected chi connectivity index (χ1v) is 5.98. The summed E-state index contributed by atoms with van der Waals surface area (Å²) < 4.78 is 0. The van der Waals surface area contributed by atoms with Crippen molar-refractivity contribution in [3.05, 3.63) is 0 Å². The number of hydrogen-bond acceptors (Lipinski definition) is 2. The summed E-state index contributed by atoms with van der Waals surface area (Å²) in [4.78, 5) is 19.7. The van der Waals surface area contributed by atoms with Crippen molar-refractivity contribution in [1.29, 1.82) is 0 Å². The molecule has 17 heavy (non-hydrogen) atoms. The second kappa shape index (κ2) is 17.8. The van der Waals surface area contributed by atoms with Gasteiger partial charge in [-0.1, -0.05) is 39.5 Å². The molecular weight excluding hydrogens is 287 g/mol. The van der Waals surface area contributed by atoms with Crippen LogP contribution in [0.5, 0.6) is 0 Å². The Labute approximate surface area is 114 Å². The van der Waals surface area contributed by atoms with E-state index in [1.54, 1.807) is 0 Å². The fourth-order valence-corrected chi connectivity index (χ4v) is 1.05. The molecule has 0 radical (unpaired) electrons. The Morgan fingerprint density at radius 2 is 1.06 bits per heavy atom. The van der Waals surface area contributed by atoms with Gasteiger partial charge in [0, 0.05) is 12.8 Å². The minimum absolute atomic E-state index is 0. The summed E-state index contributed by atoms with van der Waals surface area (Å²) in [6.45, 7) is 4.11. The number of carboxylic acids is 2. The molecule has 0 unspecified atom stereocenters. The first-order chi connectivity index (χ1) is 7.54. The summed E-state index contributed by atoms with van der Waals surface area (Å²) in [6, 6.07) is 0. The second-order valence-corrected chi connectivity index (χ2v) is 3.70. The third-order valence-electron chi connectivity index (χ3n) is 1.99. The van der Waals surface area contributed by atoms with Gasteiger partial charge in [-0.05, 0) is 12.8 Å². The van der Waals surface area contributed by atoms with Gasteiger partial charge in [-0.25, -0.2) is 0 Å². The quantitative estimate of drug-likeness (QED) is 0.533. The molecule has 104 valence electrons. The standard InChI is InChI=1S/2C6H12O2.H2Se/c2*1-2-3-4-5-6(7)8;/h2*2-5H2,1H3,(H,7,8);1H2. The average Bonchev–Trinajstić information content (AvgIpc) is 2.18. The molecule has 0 aliphatic rings. The van der Waals surface area contributed by atoms with Crippen LogP contribution in [-0.2, 0) is 9.59 Å². The zero-order valence-corrected chi connectivity index (χ0v) is 13.0. The van der Waals surface area contributed by atoms with E-state index in [1.165, 1.54) is 0 Å². The molecule has 0 atom stereocenters. The van der Waals surface area contributed by atoms with Crippen molar-refractivity contribution in [2.24, 2.45) is 0 Å². The van der Waals surface area contributed by atoms with Gasteiger partial charge in [-0.2, -0.15) is 0 Å². The Morgan fingerprint density at radius 3 is 1.24 bits per heavy atom. The molecule has 0 fully saturated rings. The molecule has 0 bridgehead atoms. The molecule has 0 heterocycles. The van der Waals surface area contributed by atoms with E-state index < -0.39 is 11.9 Å². The molecule has 0 saturated carbocycles. The van der Waals surface area contributed by atoms with Gasteiger partial charge in [0.15, 0.2) is 0 Å². The monoisotopic (exact) mass is 314 g/mol. The second-order valence-electron chi connectivity index (χ2n) is 3.70. The third-order valence-corrected chi connectivity index (χ3v) is 1.99. The normalized spacial score (nSPS) is 8.59. The number of aliphatic carboxylic acids is 2. The topological polar surface area (TPSA) is 74.6 Å². The van der Waals surface area contributed by atoms with Gasteiger partial charge in [0.2, 0.25) is 0 Å². The van der Waals surface area contributed by atoms with Crippen LogP contribution in [0.4, 0.5) is 0 Å². The maximum atomic E-state index is 9.87. The predicted molar refractivity (Wildman–Crippen MR) is 72.1 cm³/mol. The summed E-state index contributed by atoms with van der Waals surface area (Å²) in [7, 11) is 0. The van der Waals surface area contributed by atoms with E-state index in [1.807, 2.05) is 0 Å². The molecule has 0 spiro atoms. The van der Waals surface area contributed by atoms with Crippen LogP contribution in [0.2, 0.25) is 0 Å². The van der Waals surface area contributed by atoms with E-state index in [-0.39, 0.29) is 17.1 Å². The van der Waals surface area contributed by atoms with Gasteiger partial charge in [0.05, 0.1) is 0 Å². The summed E-state index contributed by atoms with van der Waals surface area (Å²) in [5.74, 6) is -1.36. The number of unbranched alkanes of at least 4 members (excludes halogenated alkanes) is 4. The first kappa shape index (κ1) is 21.7. The Hall–Kier alpha value is -0.541. The van der Waals surface area contributed by atoms with Gasteiger partial charge in [-0.3, -0.25) is 9.59 Å². The van der Waals surface area contributed by atoms with Crippen molar-refractivity contribution in [3.63, 3.8) is 0 Å². The maximum absolute atomic E-state index is 9.87. The van der Waals surface area contributed by atoms with Crippen LogP contribution in [0.1, 0.15) is 65.2 Å². The van der Waals surface area contributed by atoms with Crippen LogP contribution < -0.4 is 0 Å². The molecule has 5 heteroatoms. The fraction of sp³-hybridized carbons (Fsp3) is 0.833. The minimum atomic E-state index is -0.682. The predicted octanol–water partition coefficient (Wildman–Crippen LogP) is 2.39. The molecular formula is C12H26O4Se. The average molecular weight is 313 g/mol. The van der Waals surface area contributed by atoms with Crippen LogP contribution >= 0.6 is 0 Å². The number of carbonyl (C=O) groups is 2. The van der Waals surface area contributed by atoms with E-state index in [0.717, 1.165) is 38.5 Å². The van der Waals surface area contributed by atoms with Crippen molar-refractivity contribution in [1.82, 2.24) is 0 Å². The van der Waals surface area contributed by atoms with E-state index in [9.17, 15) is 9.59 Å². The number of carboxylic acid groups (broad SMARTS) is 2. The van der Waals surface area contributed by atoms with Gasteiger partial charge in [0.1, 0.15) is 0 Å². The number of rotatable bonds is 8. The molecule has 0 aromatic carbocycles. The molecule has 0 amide bonds. The SMILES string of the molecule is CCCCCC(=O)O.CCCCCC(=O)O.[SeH2].